The van der Waals surface area contributed by atoms with Gasteiger partial charge in [0.1, 0.15) is 18.4 Å². The van der Waals surface area contributed by atoms with Gasteiger partial charge in [0.25, 0.3) is 0 Å². The Morgan fingerprint density at radius 3 is 2.37 bits per heavy atom. The summed E-state index contributed by atoms with van der Waals surface area (Å²) in [4.78, 5) is 41.9. The van der Waals surface area contributed by atoms with E-state index in [1.165, 1.54) is 24.1 Å². The number of halogens is 1. The van der Waals surface area contributed by atoms with E-state index < -0.39 is 21.5 Å². The summed E-state index contributed by atoms with van der Waals surface area (Å²) in [5, 5.41) is 21.6. The van der Waals surface area contributed by atoms with E-state index in [0.29, 0.717) is 73.0 Å². The van der Waals surface area contributed by atoms with E-state index in [1.54, 1.807) is 12.1 Å². The number of hydrogen-bond acceptors (Lipinski definition) is 13. The van der Waals surface area contributed by atoms with Crippen molar-refractivity contribution in [3.8, 4) is 22.8 Å². The summed E-state index contributed by atoms with van der Waals surface area (Å²) in [7, 11) is 0. The third-order valence-electron chi connectivity index (χ3n) is 13.6. The number of fused-ring (bicyclic) bond motifs is 3. The molecule has 1 aliphatic carbocycles. The number of carbonyl (C=O) groups excluding carboxylic acids is 2. The van der Waals surface area contributed by atoms with Crippen molar-refractivity contribution >= 4 is 29.0 Å². The first kappa shape index (κ1) is 38.6. The van der Waals surface area contributed by atoms with E-state index >= 15 is 0 Å². The molecule has 7 heterocycles. The predicted molar refractivity (Wildman–Crippen MR) is 219 cm³/mol. The van der Waals surface area contributed by atoms with E-state index in [9.17, 15) is 14.7 Å². The van der Waals surface area contributed by atoms with Gasteiger partial charge in [0.2, 0.25) is 11.8 Å². The maximum absolute atomic E-state index is 12.8. The Morgan fingerprint density at radius 2 is 1.59 bits per heavy atom. The first-order valence-electron chi connectivity index (χ1n) is 21.4. The number of ether oxygens (including phenoxy) is 1. The number of aromatic hydroxyl groups is 1. The number of nitrogen functional groups attached to an aromatic ring is 1. The number of piperidine rings is 2. The van der Waals surface area contributed by atoms with Crippen LogP contribution in [-0.4, -0.2) is 109 Å². The van der Waals surface area contributed by atoms with E-state index in [0.717, 1.165) is 85.7 Å². The van der Waals surface area contributed by atoms with Crippen LogP contribution in [0.25, 0.3) is 11.3 Å². The van der Waals surface area contributed by atoms with Crippen LogP contribution in [0.2, 0.25) is 0 Å². The molecular weight excluding hydrogens is 859 g/mol. The molecule has 5 aliphatic heterocycles. The Kier molecular flexibility index (Phi) is 10.8. The van der Waals surface area contributed by atoms with Crippen molar-refractivity contribution in [2.24, 2.45) is 0 Å². The maximum atomic E-state index is 12.8. The Labute approximate surface area is 355 Å². The first-order chi connectivity index (χ1) is 28.9. The van der Waals surface area contributed by atoms with Crippen LogP contribution >= 0.6 is 0 Å². The fraction of sp³-hybridized carbons (Fsp3) is 0.500. The monoisotopic (exact) mass is 911 g/mol. The fourth-order valence-corrected chi connectivity index (χ4v) is 13.5. The van der Waals surface area contributed by atoms with Gasteiger partial charge in [-0.05, 0) is 12.5 Å². The van der Waals surface area contributed by atoms with Crippen LogP contribution in [0.15, 0.2) is 60.8 Å². The van der Waals surface area contributed by atoms with Crippen molar-refractivity contribution in [2.75, 3.05) is 54.9 Å². The van der Waals surface area contributed by atoms with Crippen molar-refractivity contribution in [2.45, 2.75) is 100 Å². The van der Waals surface area contributed by atoms with Gasteiger partial charge in [0.15, 0.2) is 0 Å². The molecule has 15 heteroatoms. The quantitative estimate of drug-likeness (QED) is 0.101. The number of aromatic nitrogens is 4. The average molecular weight is 912 g/mol. The van der Waals surface area contributed by atoms with Crippen LogP contribution in [0, 0.1) is 3.83 Å². The molecule has 10 rings (SSSR count). The minimum absolute atomic E-state index is 0.181. The van der Waals surface area contributed by atoms with E-state index in [-0.39, 0.29) is 23.6 Å². The van der Waals surface area contributed by atoms with E-state index in [2.05, 4.69) is 57.6 Å². The molecular formula is C44H52IN10O4-. The summed E-state index contributed by atoms with van der Waals surface area (Å²) in [5.41, 5.74) is 12.0. The van der Waals surface area contributed by atoms with Gasteiger partial charge in [-0.2, -0.15) is 0 Å². The molecule has 14 nitrogen and oxygen atoms in total. The zero-order valence-corrected chi connectivity index (χ0v) is 35.4. The standard InChI is InChI=1S/C44H52IN10O4/c46-42-38(24-35(50-51-42)33-4-1-2-7-39(33)56)53-25-30-12-13-31(26-53)55(30)45-44-47-19-16-34(48-44)28-17-20-52(21-18-28)29-10-8-27(9-11-29)32-5-3-6-36-41(32)59-23-22-54(36)37-14-15-40(57)49-43(37)58/h1-7,16,19,24,27-31,37,56H,8-15,17-18,20-23,25-26H2,(H2,46,51)(H,49,57,58)/q-1/t27?,29?,30-,31+,37-/m0/s1. The van der Waals surface area contributed by atoms with Crippen molar-refractivity contribution in [1.29, 1.82) is 0 Å². The Balaban J connectivity index is 0.732. The number of imide groups is 1. The number of anilines is 3. The van der Waals surface area contributed by atoms with Crippen molar-refractivity contribution in [1.82, 2.24) is 33.5 Å². The number of carbonyl (C=O) groups is 2. The van der Waals surface area contributed by atoms with Gasteiger partial charge in [-0.25, -0.2) is 0 Å². The number of nitrogens with zero attached hydrogens (tertiary/aromatic N) is 8. The van der Waals surface area contributed by atoms with Gasteiger partial charge in [-0.3, -0.25) is 14.9 Å². The van der Waals surface area contributed by atoms with Crippen LogP contribution in [0.4, 0.5) is 17.2 Å². The third kappa shape index (κ3) is 7.69. The number of para-hydroxylation sites is 2. The normalized spacial score (nSPS) is 26.7. The zero-order chi connectivity index (χ0) is 40.0. The van der Waals surface area contributed by atoms with Crippen LogP contribution in [0.1, 0.15) is 87.3 Å². The van der Waals surface area contributed by atoms with Gasteiger partial charge in [-0.1, -0.05) is 12.1 Å². The molecule has 2 aromatic heterocycles. The molecule has 4 saturated heterocycles. The number of likely N-dealkylation sites (tertiary alicyclic amines) is 1. The summed E-state index contributed by atoms with van der Waals surface area (Å²) in [6, 6.07) is 18.8. The van der Waals surface area contributed by atoms with Crippen LogP contribution in [-0.2, 0) is 9.59 Å². The molecule has 5 fully saturated rings. The van der Waals surface area contributed by atoms with Crippen LogP contribution in [0.3, 0.4) is 0 Å². The number of phenolic OH excluding ortho intramolecular Hbond substituents is 1. The topological polar surface area (TPSA) is 166 Å². The molecule has 59 heavy (non-hydrogen) atoms. The number of nitrogens with two attached hydrogens (primary N) is 1. The number of rotatable bonds is 8. The summed E-state index contributed by atoms with van der Waals surface area (Å²) < 4.78 is 10.0. The average Bonchev–Trinajstić information content (AvgIpc) is 3.48. The number of nitrogens with one attached hydrogen (secondary N) is 1. The number of amides is 2. The molecule has 1 saturated carbocycles. The number of hydrogen-bond donors (Lipinski definition) is 3. The molecule has 2 bridgehead atoms. The molecule has 2 aromatic carbocycles. The Bertz CT molecular complexity index is 2200. The SMILES string of the molecule is Nc1nnc(-c2ccccc2O)cc1N1C[C@H]2CC[C@@H](C1)N2[I-]c1nccc(C2CCN(C3CCC(c4cccc5c4OCCN5[C@H]4CCC(=O)NC4=O)CC3)CC2)n1. The van der Waals surface area contributed by atoms with Crippen LogP contribution in [0.5, 0.6) is 11.5 Å². The molecule has 0 spiro atoms. The molecule has 4 N–H and O–H groups in total. The van der Waals surface area contributed by atoms with Gasteiger partial charge in [0.05, 0.1) is 12.2 Å². The van der Waals surface area contributed by atoms with Gasteiger partial charge < -0.3 is 9.64 Å². The summed E-state index contributed by atoms with van der Waals surface area (Å²) >= 11 is -0.514. The summed E-state index contributed by atoms with van der Waals surface area (Å²) in [6.07, 6.45) is 12.1. The Hall–Kier alpha value is -4.61. The minimum atomic E-state index is -0.514. The van der Waals surface area contributed by atoms with Gasteiger partial charge in [0, 0.05) is 6.42 Å². The second-order valence-corrected chi connectivity index (χ2v) is 19.6. The van der Waals surface area contributed by atoms with Crippen molar-refractivity contribution < 1.29 is 40.9 Å². The number of benzene rings is 2. The number of phenols is 1. The van der Waals surface area contributed by atoms with Gasteiger partial charge in [-0.15, -0.1) is 0 Å². The first-order valence-corrected chi connectivity index (χ1v) is 23.4. The summed E-state index contributed by atoms with van der Waals surface area (Å²) in [5.74, 6) is 2.05. The second kappa shape index (κ2) is 16.4. The van der Waals surface area contributed by atoms with Gasteiger partial charge >= 0.3 is 259 Å². The third-order valence-corrected chi connectivity index (χ3v) is 16.7. The molecule has 0 unspecified atom stereocenters. The zero-order valence-electron chi connectivity index (χ0n) is 33.3. The summed E-state index contributed by atoms with van der Waals surface area (Å²) in [6.45, 7) is 5.14. The molecule has 3 atom stereocenters. The Morgan fingerprint density at radius 1 is 0.814 bits per heavy atom. The molecule has 2 amide bonds. The van der Waals surface area contributed by atoms with Crippen molar-refractivity contribution in [3.63, 3.8) is 0 Å². The molecule has 4 aromatic rings. The second-order valence-electron chi connectivity index (χ2n) is 17.0. The predicted octanol–water partition coefficient (Wildman–Crippen LogP) is 1.66. The van der Waals surface area contributed by atoms with Crippen molar-refractivity contribution in [3.05, 3.63) is 75.9 Å². The molecule has 310 valence electrons. The van der Waals surface area contributed by atoms with E-state index in [1.807, 2.05) is 24.4 Å². The molecule has 0 radical (unpaired) electrons. The number of piperazine rings is 1. The van der Waals surface area contributed by atoms with E-state index in [4.69, 9.17) is 20.4 Å². The van der Waals surface area contributed by atoms with Crippen LogP contribution < -0.4 is 47.1 Å². The fourth-order valence-electron chi connectivity index (χ4n) is 10.6. The molecule has 6 aliphatic rings.